The van der Waals surface area contributed by atoms with E-state index in [2.05, 4.69) is 18.6 Å². The molecule has 1 fully saturated rings. The number of rotatable bonds is 4. The third kappa shape index (κ3) is 3.63. The number of thiocarbonyl (C=S) groups is 1. The van der Waals surface area contributed by atoms with E-state index in [0.29, 0.717) is 0 Å². The summed E-state index contributed by atoms with van der Waals surface area (Å²) in [6, 6.07) is -0.0157. The van der Waals surface area contributed by atoms with Crippen molar-refractivity contribution in [1.29, 1.82) is 0 Å². The summed E-state index contributed by atoms with van der Waals surface area (Å²) >= 11 is 4.75. The molecule has 0 bridgehead atoms. The van der Waals surface area contributed by atoms with Crippen LogP contribution in [0.4, 0.5) is 0 Å². The van der Waals surface area contributed by atoms with Crippen molar-refractivity contribution in [1.82, 2.24) is 4.72 Å². The molecule has 0 aromatic heterocycles. The molecule has 2 atom stereocenters. The molecule has 6 heteroatoms. The molecular weight excluding hydrogens is 256 g/mol. The second-order valence-corrected chi connectivity index (χ2v) is 8.00. The van der Waals surface area contributed by atoms with E-state index < -0.39 is 15.3 Å². The minimum absolute atomic E-state index is 0.00125. The maximum atomic E-state index is 12.0. The van der Waals surface area contributed by atoms with E-state index in [1.165, 1.54) is 6.92 Å². The monoisotopic (exact) mass is 278 g/mol. The van der Waals surface area contributed by atoms with Crippen molar-refractivity contribution in [2.24, 2.45) is 11.1 Å². The van der Waals surface area contributed by atoms with Crippen LogP contribution >= 0.6 is 12.2 Å². The van der Waals surface area contributed by atoms with Crippen molar-refractivity contribution in [3.8, 4) is 0 Å². The zero-order valence-corrected chi connectivity index (χ0v) is 12.3. The Kier molecular flexibility index (Phi) is 4.54. The van der Waals surface area contributed by atoms with Crippen molar-refractivity contribution in [2.45, 2.75) is 57.7 Å². The molecule has 0 radical (unpaired) electrons. The van der Waals surface area contributed by atoms with Crippen molar-refractivity contribution < 1.29 is 8.42 Å². The number of sulfonamides is 1. The largest absolute Gasteiger partial charge is 0.392 e. The van der Waals surface area contributed by atoms with Gasteiger partial charge in [0.15, 0.2) is 0 Å². The van der Waals surface area contributed by atoms with Gasteiger partial charge in [-0.1, -0.05) is 38.9 Å². The summed E-state index contributed by atoms with van der Waals surface area (Å²) in [5, 5.41) is -0.810. The first kappa shape index (κ1) is 14.9. The molecule has 2 unspecified atom stereocenters. The molecule has 0 heterocycles. The van der Waals surface area contributed by atoms with Gasteiger partial charge in [-0.05, 0) is 25.2 Å². The third-order valence-corrected chi connectivity index (χ3v) is 5.98. The Morgan fingerprint density at radius 2 is 2.06 bits per heavy atom. The normalized spacial score (nSPS) is 26.4. The first-order valence-corrected chi connectivity index (χ1v) is 7.93. The van der Waals surface area contributed by atoms with Crippen LogP contribution in [0.3, 0.4) is 0 Å². The maximum Gasteiger partial charge on any atom is 0.221 e. The van der Waals surface area contributed by atoms with Gasteiger partial charge in [-0.2, -0.15) is 0 Å². The standard InChI is InChI=1S/C11H22N2O2S2/c1-8(10(12)16)17(14,15)13-9-6-4-5-7-11(9,2)3/h8-9,13H,4-7H2,1-3H3,(H2,12,16). The van der Waals surface area contributed by atoms with Gasteiger partial charge >= 0.3 is 0 Å². The molecule has 1 aliphatic carbocycles. The van der Waals surface area contributed by atoms with Crippen LogP contribution in [0.5, 0.6) is 0 Å². The lowest BCUT2D eigenvalue weighted by Gasteiger charge is -2.39. The van der Waals surface area contributed by atoms with Gasteiger partial charge < -0.3 is 5.73 Å². The Morgan fingerprint density at radius 1 is 1.47 bits per heavy atom. The molecule has 100 valence electrons. The predicted octanol–water partition coefficient (Wildman–Crippen LogP) is 1.55. The van der Waals surface area contributed by atoms with Gasteiger partial charge in [-0.25, -0.2) is 13.1 Å². The zero-order valence-electron chi connectivity index (χ0n) is 10.7. The highest BCUT2D eigenvalue weighted by Crippen LogP contribution is 2.35. The lowest BCUT2D eigenvalue weighted by atomic mass is 9.74. The van der Waals surface area contributed by atoms with E-state index in [1.54, 1.807) is 0 Å². The van der Waals surface area contributed by atoms with Gasteiger partial charge in [0.05, 0.1) is 4.99 Å². The van der Waals surface area contributed by atoms with E-state index in [0.717, 1.165) is 25.7 Å². The highest BCUT2D eigenvalue weighted by Gasteiger charge is 2.36. The molecule has 4 nitrogen and oxygen atoms in total. The molecule has 3 N–H and O–H groups in total. The predicted molar refractivity (Wildman–Crippen MR) is 74.3 cm³/mol. The second-order valence-electron chi connectivity index (χ2n) is 5.49. The van der Waals surface area contributed by atoms with Crippen LogP contribution in [0, 0.1) is 5.41 Å². The average Bonchev–Trinajstić information content (AvgIpc) is 2.19. The van der Waals surface area contributed by atoms with Crippen molar-refractivity contribution >= 4 is 27.2 Å². The number of hydrogen-bond donors (Lipinski definition) is 2. The molecule has 1 aliphatic rings. The highest BCUT2D eigenvalue weighted by atomic mass is 32.2. The zero-order chi connectivity index (χ0) is 13.3. The van der Waals surface area contributed by atoms with Gasteiger partial charge in [-0.3, -0.25) is 0 Å². The molecular formula is C11H22N2O2S2. The minimum Gasteiger partial charge on any atom is -0.392 e. The lowest BCUT2D eigenvalue weighted by Crippen LogP contribution is -2.51. The highest BCUT2D eigenvalue weighted by molar-refractivity contribution is 7.93. The molecule has 1 rings (SSSR count). The summed E-state index contributed by atoms with van der Waals surface area (Å²) in [5.41, 5.74) is 5.41. The van der Waals surface area contributed by atoms with Crippen LogP contribution in [0.25, 0.3) is 0 Å². The van der Waals surface area contributed by atoms with Gasteiger partial charge in [0, 0.05) is 6.04 Å². The van der Waals surface area contributed by atoms with E-state index in [1.807, 2.05) is 0 Å². The molecule has 17 heavy (non-hydrogen) atoms. The summed E-state index contributed by atoms with van der Waals surface area (Å²) in [6.07, 6.45) is 4.16. The Bertz CT molecular complexity index is 390. The minimum atomic E-state index is -3.45. The lowest BCUT2D eigenvalue weighted by molar-refractivity contribution is 0.188. The molecule has 0 aliphatic heterocycles. The smallest absolute Gasteiger partial charge is 0.221 e. The SMILES string of the molecule is CC(C(N)=S)S(=O)(=O)NC1CCCCC1(C)C. The van der Waals surface area contributed by atoms with E-state index in [4.69, 9.17) is 18.0 Å². The van der Waals surface area contributed by atoms with Crippen molar-refractivity contribution in [3.63, 3.8) is 0 Å². The van der Waals surface area contributed by atoms with Gasteiger partial charge in [0.25, 0.3) is 0 Å². The second kappa shape index (κ2) is 5.20. The van der Waals surface area contributed by atoms with Crippen LogP contribution in [0.15, 0.2) is 0 Å². The molecule has 0 spiro atoms. The van der Waals surface area contributed by atoms with Crippen molar-refractivity contribution in [2.75, 3.05) is 0 Å². The molecule has 0 saturated heterocycles. The average molecular weight is 278 g/mol. The summed E-state index contributed by atoms with van der Waals surface area (Å²) < 4.78 is 26.9. The molecule has 0 aromatic carbocycles. The van der Waals surface area contributed by atoms with Crippen LogP contribution in [-0.4, -0.2) is 24.7 Å². The van der Waals surface area contributed by atoms with Gasteiger partial charge in [0.2, 0.25) is 10.0 Å². The summed E-state index contributed by atoms with van der Waals surface area (Å²) in [4.78, 5) is 0.0196. The van der Waals surface area contributed by atoms with Crippen LogP contribution < -0.4 is 10.5 Å². The fourth-order valence-corrected chi connectivity index (χ4v) is 3.89. The summed E-state index contributed by atoms with van der Waals surface area (Å²) in [7, 11) is -3.45. The fraction of sp³-hybridized carbons (Fsp3) is 0.909. The molecule has 0 aromatic rings. The Balaban J connectivity index is 2.80. The fourth-order valence-electron chi connectivity index (χ4n) is 2.17. The third-order valence-electron chi connectivity index (χ3n) is 3.68. The van der Waals surface area contributed by atoms with E-state index in [9.17, 15) is 8.42 Å². The van der Waals surface area contributed by atoms with Crippen LogP contribution in [0.2, 0.25) is 0 Å². The molecule has 0 amide bonds. The van der Waals surface area contributed by atoms with E-state index >= 15 is 0 Å². The first-order chi connectivity index (χ1) is 7.67. The van der Waals surface area contributed by atoms with Gasteiger partial charge in [0.1, 0.15) is 5.25 Å². The topological polar surface area (TPSA) is 72.2 Å². The maximum absolute atomic E-state index is 12.0. The summed E-state index contributed by atoms with van der Waals surface area (Å²) in [6.45, 7) is 5.73. The number of hydrogen-bond acceptors (Lipinski definition) is 3. The number of nitrogens with two attached hydrogens (primary N) is 1. The Morgan fingerprint density at radius 3 is 2.53 bits per heavy atom. The molecule has 1 saturated carbocycles. The first-order valence-electron chi connectivity index (χ1n) is 5.97. The Labute approximate surface area is 109 Å². The Hall–Kier alpha value is -0.200. The van der Waals surface area contributed by atoms with Gasteiger partial charge in [-0.15, -0.1) is 0 Å². The van der Waals surface area contributed by atoms with Crippen LogP contribution in [-0.2, 0) is 10.0 Å². The van der Waals surface area contributed by atoms with Crippen LogP contribution in [0.1, 0.15) is 46.5 Å². The van der Waals surface area contributed by atoms with E-state index in [-0.39, 0.29) is 16.4 Å². The van der Waals surface area contributed by atoms with Crippen molar-refractivity contribution in [3.05, 3.63) is 0 Å². The quantitative estimate of drug-likeness (QED) is 0.765. The number of nitrogens with one attached hydrogen (secondary N) is 1. The summed E-state index contributed by atoms with van der Waals surface area (Å²) in [5.74, 6) is 0.